The lowest BCUT2D eigenvalue weighted by Crippen LogP contribution is -2.28. The molecule has 1 heterocycles. The Hall–Kier alpha value is -3.35. The molecular weight excluding hydrogens is 320 g/mol. The van der Waals surface area contributed by atoms with Crippen LogP contribution in [-0.2, 0) is 4.79 Å². The molecule has 2 amide bonds. The number of aromatic amines is 2. The average molecular weight is 338 g/mol. The van der Waals surface area contributed by atoms with E-state index in [9.17, 15) is 14.4 Å². The maximum absolute atomic E-state index is 12.1. The van der Waals surface area contributed by atoms with E-state index in [0.29, 0.717) is 22.3 Å². The van der Waals surface area contributed by atoms with Crippen LogP contribution in [-0.4, -0.2) is 28.3 Å². The van der Waals surface area contributed by atoms with Crippen LogP contribution in [0.3, 0.4) is 0 Å². The molecule has 0 bridgehead atoms. The molecule has 0 fully saturated rings. The van der Waals surface area contributed by atoms with Gasteiger partial charge in [0.1, 0.15) is 0 Å². The minimum absolute atomic E-state index is 0.152. The zero-order chi connectivity index (χ0) is 17.8. The smallest absolute Gasteiger partial charge is 0.323 e. The van der Waals surface area contributed by atoms with Crippen LogP contribution >= 0.6 is 0 Å². The highest BCUT2D eigenvalue weighted by Gasteiger charge is 2.09. The number of H-pyrrole nitrogens is 2. The van der Waals surface area contributed by atoms with Gasteiger partial charge in [0.25, 0.3) is 5.91 Å². The highest BCUT2D eigenvalue weighted by atomic mass is 16.2. The van der Waals surface area contributed by atoms with E-state index < -0.39 is 0 Å². The first kappa shape index (κ1) is 16.5. The Labute approximate surface area is 143 Å². The third-order valence-corrected chi connectivity index (χ3v) is 3.83. The number of anilines is 1. The van der Waals surface area contributed by atoms with E-state index in [4.69, 9.17) is 0 Å². The Morgan fingerprint density at radius 2 is 1.80 bits per heavy atom. The van der Waals surface area contributed by atoms with E-state index in [1.807, 2.05) is 19.1 Å². The molecule has 0 radical (unpaired) electrons. The lowest BCUT2D eigenvalue weighted by Gasteiger charge is -2.08. The summed E-state index contributed by atoms with van der Waals surface area (Å²) in [5.74, 6) is -0.417. The maximum atomic E-state index is 12.1. The monoisotopic (exact) mass is 338 g/mol. The van der Waals surface area contributed by atoms with Crippen LogP contribution in [0.2, 0.25) is 0 Å². The van der Waals surface area contributed by atoms with Crippen molar-refractivity contribution in [1.29, 1.82) is 0 Å². The van der Waals surface area contributed by atoms with Crippen LogP contribution in [0.15, 0.2) is 47.3 Å². The quantitative estimate of drug-likeness (QED) is 0.571. The minimum atomic E-state index is -0.294. The third-order valence-electron chi connectivity index (χ3n) is 3.83. The van der Waals surface area contributed by atoms with Gasteiger partial charge in [-0.1, -0.05) is 18.2 Å². The molecule has 128 valence electrons. The normalized spacial score (nSPS) is 10.6. The number of hydrogen-bond donors (Lipinski definition) is 4. The maximum Gasteiger partial charge on any atom is 0.323 e. The Balaban J connectivity index is 1.53. The molecule has 0 saturated heterocycles. The van der Waals surface area contributed by atoms with Gasteiger partial charge in [-0.15, -0.1) is 0 Å². The fourth-order valence-electron chi connectivity index (χ4n) is 2.55. The third kappa shape index (κ3) is 3.95. The largest absolute Gasteiger partial charge is 0.352 e. The fraction of sp³-hybridized carbons (Fsp3) is 0.167. The number of carbonyl (C=O) groups excluding carboxylic acids is 2. The number of aromatic nitrogens is 2. The molecule has 7 heteroatoms. The van der Waals surface area contributed by atoms with Gasteiger partial charge in [0.05, 0.1) is 11.0 Å². The molecule has 0 aliphatic carbocycles. The first-order valence-electron chi connectivity index (χ1n) is 7.88. The van der Waals surface area contributed by atoms with Gasteiger partial charge in [-0.3, -0.25) is 9.59 Å². The predicted octanol–water partition coefficient (Wildman–Crippen LogP) is 1.92. The molecule has 0 spiro atoms. The van der Waals surface area contributed by atoms with Gasteiger partial charge < -0.3 is 20.6 Å². The minimum Gasteiger partial charge on any atom is -0.352 e. The average Bonchev–Trinajstić information content (AvgIpc) is 2.94. The summed E-state index contributed by atoms with van der Waals surface area (Å²) in [7, 11) is 0. The Bertz CT molecular complexity index is 987. The highest BCUT2D eigenvalue weighted by molar-refractivity contribution is 5.96. The van der Waals surface area contributed by atoms with E-state index in [-0.39, 0.29) is 30.5 Å². The number of amides is 2. The summed E-state index contributed by atoms with van der Waals surface area (Å²) >= 11 is 0. The van der Waals surface area contributed by atoms with Crippen molar-refractivity contribution in [3.05, 3.63) is 64.1 Å². The summed E-state index contributed by atoms with van der Waals surface area (Å²) in [4.78, 5) is 40.6. The summed E-state index contributed by atoms with van der Waals surface area (Å²) in [6.45, 7) is 2.10. The van der Waals surface area contributed by atoms with E-state index in [1.54, 1.807) is 30.3 Å². The molecule has 0 aliphatic rings. The van der Waals surface area contributed by atoms with Crippen molar-refractivity contribution in [2.45, 2.75) is 13.3 Å². The summed E-state index contributed by atoms with van der Waals surface area (Å²) in [6.07, 6.45) is 0.152. The molecule has 1 aromatic heterocycles. The van der Waals surface area contributed by atoms with Gasteiger partial charge in [-0.25, -0.2) is 4.79 Å². The van der Waals surface area contributed by atoms with E-state index in [2.05, 4.69) is 20.6 Å². The number of rotatable bonds is 5. The number of imidazole rings is 1. The molecule has 2 aromatic carbocycles. The number of hydrogen-bond acceptors (Lipinski definition) is 3. The molecule has 0 atom stereocenters. The molecule has 3 aromatic rings. The molecule has 0 saturated carbocycles. The molecule has 25 heavy (non-hydrogen) atoms. The lowest BCUT2D eigenvalue weighted by molar-refractivity contribution is -0.116. The van der Waals surface area contributed by atoms with Gasteiger partial charge in [0.15, 0.2) is 0 Å². The molecule has 0 aliphatic heterocycles. The fourth-order valence-corrected chi connectivity index (χ4v) is 2.55. The predicted molar refractivity (Wildman–Crippen MR) is 95.7 cm³/mol. The summed E-state index contributed by atoms with van der Waals surface area (Å²) < 4.78 is 0. The highest BCUT2D eigenvalue weighted by Crippen LogP contribution is 2.14. The number of aryl methyl sites for hydroxylation is 1. The Morgan fingerprint density at radius 3 is 2.60 bits per heavy atom. The standard InChI is InChI=1S/C18H18N4O3/c1-11-4-2-3-5-13(11)17(24)19-9-8-16(23)20-12-6-7-14-15(10-12)22-18(25)21-14/h2-7,10H,8-9H2,1H3,(H,19,24)(H,20,23)(H2,21,22,25). The van der Waals surface area contributed by atoms with E-state index >= 15 is 0 Å². The number of carbonyl (C=O) groups is 2. The van der Waals surface area contributed by atoms with Gasteiger partial charge in [-0.05, 0) is 36.8 Å². The zero-order valence-electron chi connectivity index (χ0n) is 13.7. The second-order valence-corrected chi connectivity index (χ2v) is 5.71. The van der Waals surface area contributed by atoms with Crippen molar-refractivity contribution >= 4 is 28.5 Å². The molecule has 0 unspecified atom stereocenters. The van der Waals surface area contributed by atoms with Crippen LogP contribution < -0.4 is 16.3 Å². The first-order chi connectivity index (χ1) is 12.0. The first-order valence-corrected chi connectivity index (χ1v) is 7.88. The lowest BCUT2D eigenvalue weighted by atomic mass is 10.1. The van der Waals surface area contributed by atoms with Gasteiger partial charge in [-0.2, -0.15) is 0 Å². The molecule has 7 nitrogen and oxygen atoms in total. The Morgan fingerprint density at radius 1 is 1.04 bits per heavy atom. The van der Waals surface area contributed by atoms with Crippen molar-refractivity contribution in [3.63, 3.8) is 0 Å². The zero-order valence-corrected chi connectivity index (χ0v) is 13.7. The summed E-state index contributed by atoms with van der Waals surface area (Å²) in [5.41, 5.74) is 3.07. The van der Waals surface area contributed by atoms with Crippen molar-refractivity contribution < 1.29 is 9.59 Å². The van der Waals surface area contributed by atoms with Crippen molar-refractivity contribution in [2.75, 3.05) is 11.9 Å². The summed E-state index contributed by atoms with van der Waals surface area (Å²) in [5, 5.41) is 5.48. The molecular formula is C18H18N4O3. The van der Waals surface area contributed by atoms with Crippen molar-refractivity contribution in [2.24, 2.45) is 0 Å². The van der Waals surface area contributed by atoms with E-state index in [0.717, 1.165) is 5.56 Å². The van der Waals surface area contributed by atoms with Crippen LogP contribution in [0.1, 0.15) is 22.3 Å². The second-order valence-electron chi connectivity index (χ2n) is 5.71. The van der Waals surface area contributed by atoms with Crippen molar-refractivity contribution in [1.82, 2.24) is 15.3 Å². The SMILES string of the molecule is Cc1ccccc1C(=O)NCCC(=O)Nc1ccc2[nH]c(=O)[nH]c2c1. The van der Waals surface area contributed by atoms with Crippen LogP contribution in [0.5, 0.6) is 0 Å². The number of fused-ring (bicyclic) bond motifs is 1. The van der Waals surface area contributed by atoms with Gasteiger partial charge in [0.2, 0.25) is 5.91 Å². The van der Waals surface area contributed by atoms with Crippen LogP contribution in [0.25, 0.3) is 11.0 Å². The van der Waals surface area contributed by atoms with Gasteiger partial charge >= 0.3 is 5.69 Å². The number of benzene rings is 2. The summed E-state index contributed by atoms with van der Waals surface area (Å²) in [6, 6.07) is 12.4. The second kappa shape index (κ2) is 7.04. The molecule has 4 N–H and O–H groups in total. The van der Waals surface area contributed by atoms with E-state index in [1.165, 1.54) is 0 Å². The van der Waals surface area contributed by atoms with Crippen LogP contribution in [0, 0.1) is 6.92 Å². The van der Waals surface area contributed by atoms with Crippen molar-refractivity contribution in [3.8, 4) is 0 Å². The number of nitrogens with one attached hydrogen (secondary N) is 4. The van der Waals surface area contributed by atoms with Crippen LogP contribution in [0.4, 0.5) is 5.69 Å². The topological polar surface area (TPSA) is 107 Å². The molecule has 3 rings (SSSR count). The van der Waals surface area contributed by atoms with Gasteiger partial charge in [0, 0.05) is 24.2 Å². The Kier molecular flexibility index (Phi) is 4.65.